The first-order valence-corrected chi connectivity index (χ1v) is 6.35. The summed E-state index contributed by atoms with van der Waals surface area (Å²) in [6, 6.07) is 0. The van der Waals surface area contributed by atoms with Crippen molar-refractivity contribution in [3.8, 4) is 0 Å². The van der Waals surface area contributed by atoms with Crippen LogP contribution in [0.1, 0.15) is 38.5 Å². The Labute approximate surface area is 103 Å². The molecule has 0 saturated heterocycles. The Bertz CT molecular complexity index is 352. The molecular weight excluding hydrogens is 253 g/mol. The summed E-state index contributed by atoms with van der Waals surface area (Å²) in [5.74, 6) is 0.891. The number of nitrogens with zero attached hydrogens (tertiary/aromatic N) is 2. The molecule has 0 N–H and O–H groups in total. The second-order valence-corrected chi connectivity index (χ2v) is 6.81. The zero-order valence-electron chi connectivity index (χ0n) is 9.30. The van der Waals surface area contributed by atoms with Gasteiger partial charge in [0.2, 0.25) is 0 Å². The topological polar surface area (TPSA) is 24.7 Å². The van der Waals surface area contributed by atoms with Crippen molar-refractivity contribution in [1.82, 2.24) is 0 Å². The second kappa shape index (κ2) is 3.37. The largest absolute Gasteiger partial charge is 0.520 e. The molecule has 0 heterocycles. The van der Waals surface area contributed by atoms with Crippen molar-refractivity contribution in [3.63, 3.8) is 0 Å². The lowest BCUT2D eigenvalue weighted by Gasteiger charge is -2.57. The SMILES string of the molecule is FC(F)(F)N=NC12CC3CC(CC(Cl)(C3)C1)C2. The molecule has 2 nitrogen and oxygen atoms in total. The Morgan fingerprint density at radius 3 is 2.12 bits per heavy atom. The van der Waals surface area contributed by atoms with Gasteiger partial charge in [-0.2, -0.15) is 5.11 Å². The highest BCUT2D eigenvalue weighted by molar-refractivity contribution is 6.24. The highest BCUT2D eigenvalue weighted by Crippen LogP contribution is 2.61. The molecule has 4 bridgehead atoms. The average molecular weight is 267 g/mol. The molecule has 96 valence electrons. The Balaban J connectivity index is 1.86. The van der Waals surface area contributed by atoms with E-state index in [1.165, 1.54) is 0 Å². The van der Waals surface area contributed by atoms with E-state index in [4.69, 9.17) is 11.6 Å². The van der Waals surface area contributed by atoms with Crippen LogP contribution >= 0.6 is 11.6 Å². The van der Waals surface area contributed by atoms with E-state index in [1.54, 1.807) is 0 Å². The smallest absolute Gasteiger partial charge is 0.179 e. The van der Waals surface area contributed by atoms with Crippen LogP contribution in [0.2, 0.25) is 0 Å². The Morgan fingerprint density at radius 1 is 1.06 bits per heavy atom. The van der Waals surface area contributed by atoms with Crippen LogP contribution in [-0.2, 0) is 0 Å². The van der Waals surface area contributed by atoms with Crippen LogP contribution in [-0.4, -0.2) is 16.7 Å². The van der Waals surface area contributed by atoms with Gasteiger partial charge in [-0.15, -0.1) is 24.8 Å². The van der Waals surface area contributed by atoms with Crippen LogP contribution < -0.4 is 0 Å². The minimum atomic E-state index is -4.55. The molecule has 0 aromatic heterocycles. The van der Waals surface area contributed by atoms with Gasteiger partial charge in [-0.3, -0.25) is 0 Å². The van der Waals surface area contributed by atoms with Crippen molar-refractivity contribution in [2.75, 3.05) is 0 Å². The number of rotatable bonds is 1. The molecule has 2 unspecified atom stereocenters. The van der Waals surface area contributed by atoms with Crippen molar-refractivity contribution in [2.24, 2.45) is 22.1 Å². The van der Waals surface area contributed by atoms with Crippen molar-refractivity contribution in [1.29, 1.82) is 0 Å². The first-order chi connectivity index (χ1) is 7.78. The van der Waals surface area contributed by atoms with Crippen LogP contribution in [0.4, 0.5) is 13.2 Å². The molecule has 0 aromatic rings. The molecule has 4 fully saturated rings. The molecular formula is C11H14ClF3N2. The van der Waals surface area contributed by atoms with Crippen LogP contribution in [0.5, 0.6) is 0 Å². The molecule has 6 heteroatoms. The van der Waals surface area contributed by atoms with E-state index in [0.717, 1.165) is 32.1 Å². The van der Waals surface area contributed by atoms with E-state index in [-0.39, 0.29) is 4.87 Å². The standard InChI is InChI=1S/C11H14ClF3N2/c12-9-2-7-1-8(3-9)5-10(4-7,6-9)16-17-11(13,14)15/h7-8H,1-6H2. The second-order valence-electron chi connectivity index (χ2n) is 6.00. The summed E-state index contributed by atoms with van der Waals surface area (Å²) >= 11 is 6.49. The van der Waals surface area contributed by atoms with Gasteiger partial charge < -0.3 is 0 Å². The Morgan fingerprint density at radius 2 is 1.65 bits per heavy atom. The van der Waals surface area contributed by atoms with E-state index in [0.29, 0.717) is 18.3 Å². The first kappa shape index (κ1) is 11.8. The quantitative estimate of drug-likeness (QED) is 0.384. The minimum absolute atomic E-state index is 0.311. The number of alkyl halides is 4. The molecule has 4 aliphatic carbocycles. The van der Waals surface area contributed by atoms with Gasteiger partial charge in [0, 0.05) is 4.87 Å². The van der Waals surface area contributed by atoms with Crippen molar-refractivity contribution >= 4 is 11.6 Å². The van der Waals surface area contributed by atoms with Crippen molar-refractivity contribution < 1.29 is 13.2 Å². The molecule has 17 heavy (non-hydrogen) atoms. The monoisotopic (exact) mass is 266 g/mol. The fourth-order valence-corrected chi connectivity index (χ4v) is 5.07. The van der Waals surface area contributed by atoms with Crippen LogP contribution in [0.15, 0.2) is 10.2 Å². The molecule has 0 radical (unpaired) electrons. The highest BCUT2D eigenvalue weighted by atomic mass is 35.5. The molecule has 0 spiro atoms. The molecule has 4 rings (SSSR count). The van der Waals surface area contributed by atoms with Gasteiger partial charge in [-0.05, 0) is 50.4 Å². The summed E-state index contributed by atoms with van der Waals surface area (Å²) in [4.78, 5) is -0.311. The summed E-state index contributed by atoms with van der Waals surface area (Å²) in [5, 5.41) is 6.19. The summed E-state index contributed by atoms with van der Waals surface area (Å²) in [6.07, 6.45) is 0.465. The highest BCUT2D eigenvalue weighted by Gasteiger charge is 2.58. The van der Waals surface area contributed by atoms with Crippen LogP contribution in [0, 0.1) is 11.8 Å². The summed E-state index contributed by atoms with van der Waals surface area (Å²) < 4.78 is 36.4. The van der Waals surface area contributed by atoms with Crippen molar-refractivity contribution in [3.05, 3.63) is 0 Å². The van der Waals surface area contributed by atoms with Crippen molar-refractivity contribution in [2.45, 2.75) is 55.2 Å². The third-order valence-electron chi connectivity index (χ3n) is 4.33. The van der Waals surface area contributed by atoms with E-state index < -0.39 is 11.8 Å². The average Bonchev–Trinajstić information content (AvgIpc) is 2.09. The Hall–Kier alpha value is -0.320. The molecule has 0 aliphatic heterocycles. The molecule has 4 saturated carbocycles. The lowest BCUT2D eigenvalue weighted by Crippen LogP contribution is -2.55. The number of hydrogen-bond acceptors (Lipinski definition) is 2. The predicted molar refractivity (Wildman–Crippen MR) is 56.9 cm³/mol. The van der Waals surface area contributed by atoms with E-state index in [9.17, 15) is 13.2 Å². The van der Waals surface area contributed by atoms with Gasteiger partial charge in [-0.1, -0.05) is 5.11 Å². The molecule has 0 amide bonds. The number of hydrogen-bond donors (Lipinski definition) is 0. The summed E-state index contributed by atoms with van der Waals surface area (Å²) in [6.45, 7) is 0. The normalized spacial score (nSPS) is 49.2. The Kier molecular flexibility index (Phi) is 2.33. The maximum absolute atomic E-state index is 12.1. The van der Waals surface area contributed by atoms with Gasteiger partial charge in [0.25, 0.3) is 0 Å². The lowest BCUT2D eigenvalue weighted by atomic mass is 9.53. The minimum Gasteiger partial charge on any atom is -0.179 e. The number of azo groups is 1. The van der Waals surface area contributed by atoms with Gasteiger partial charge in [0.05, 0.1) is 5.54 Å². The van der Waals surface area contributed by atoms with Gasteiger partial charge in [0.1, 0.15) is 0 Å². The van der Waals surface area contributed by atoms with Crippen LogP contribution in [0.25, 0.3) is 0 Å². The summed E-state index contributed by atoms with van der Waals surface area (Å²) in [7, 11) is 0. The van der Waals surface area contributed by atoms with E-state index in [1.807, 2.05) is 0 Å². The third kappa shape index (κ3) is 2.18. The maximum atomic E-state index is 12.1. The van der Waals surface area contributed by atoms with Gasteiger partial charge in [0.15, 0.2) is 0 Å². The van der Waals surface area contributed by atoms with Crippen LogP contribution in [0.3, 0.4) is 0 Å². The van der Waals surface area contributed by atoms with E-state index in [2.05, 4.69) is 10.2 Å². The fourth-order valence-electron chi connectivity index (χ4n) is 4.38. The lowest BCUT2D eigenvalue weighted by molar-refractivity contribution is -0.130. The van der Waals surface area contributed by atoms with E-state index >= 15 is 0 Å². The van der Waals surface area contributed by atoms with Gasteiger partial charge >= 0.3 is 6.30 Å². The first-order valence-electron chi connectivity index (χ1n) is 5.97. The summed E-state index contributed by atoms with van der Waals surface area (Å²) in [5.41, 5.74) is -0.624. The molecule has 0 aromatic carbocycles. The zero-order valence-corrected chi connectivity index (χ0v) is 10.1. The third-order valence-corrected chi connectivity index (χ3v) is 4.78. The number of halogens is 4. The fraction of sp³-hybridized carbons (Fsp3) is 1.00. The van der Waals surface area contributed by atoms with Gasteiger partial charge in [-0.25, -0.2) is 0 Å². The zero-order chi connectivity index (χ0) is 12.3. The predicted octanol–water partition coefficient (Wildman–Crippen LogP) is 4.29. The molecule has 4 aliphatic rings. The maximum Gasteiger partial charge on any atom is 0.520 e. The molecule has 2 atom stereocenters.